The topological polar surface area (TPSA) is 38.4 Å². The van der Waals surface area contributed by atoms with Crippen LogP contribution in [-0.2, 0) is 5.41 Å². The van der Waals surface area contributed by atoms with Gasteiger partial charge in [0.05, 0.1) is 21.8 Å². The number of nitrogens with zero attached hydrogens (tertiary/aromatic N) is 2. The molecule has 294 valence electrons. The van der Waals surface area contributed by atoms with Crippen molar-refractivity contribution in [2.75, 3.05) is 4.90 Å². The first-order valence-electron chi connectivity index (χ1n) is 21.2. The zero-order valence-corrected chi connectivity index (χ0v) is 34.3. The highest BCUT2D eigenvalue weighted by Gasteiger charge is 2.35. The molecule has 0 unspecified atom stereocenters. The van der Waals surface area contributed by atoms with Crippen LogP contribution in [0.1, 0.15) is 25.0 Å². The first-order valence-corrected chi connectivity index (χ1v) is 21.2. The quantitative estimate of drug-likeness (QED) is 0.157. The predicted molar refractivity (Wildman–Crippen MR) is 257 cm³/mol. The van der Waals surface area contributed by atoms with Gasteiger partial charge in [0, 0.05) is 45.0 Å². The molecule has 12 rings (SSSR count). The predicted octanol–water partition coefficient (Wildman–Crippen LogP) is 15.2. The van der Waals surface area contributed by atoms with Crippen molar-refractivity contribution in [2.45, 2.75) is 19.3 Å². The molecule has 0 atom stereocenters. The van der Waals surface area contributed by atoms with Gasteiger partial charge in [-0.15, -0.1) is 0 Å². The number of hydrogen-bond acceptors (Lipinski definition) is 3. The van der Waals surface area contributed by atoms with Gasteiger partial charge in [0.15, 0.2) is 0 Å². The number of anilines is 3. The van der Waals surface area contributed by atoms with Crippen molar-refractivity contribution in [3.05, 3.63) is 228 Å². The second-order valence-corrected chi connectivity index (χ2v) is 16.9. The molecule has 0 N–H and O–H groups in total. The summed E-state index contributed by atoms with van der Waals surface area (Å²) in [6, 6.07) is 72.8. The van der Waals surface area contributed by atoms with Gasteiger partial charge in [0.2, 0.25) is 5.43 Å². The third-order valence-corrected chi connectivity index (χ3v) is 13.0. The van der Waals surface area contributed by atoms with Crippen LogP contribution in [0.3, 0.4) is 0 Å². The lowest BCUT2D eigenvalue weighted by atomic mass is 9.82. The highest BCUT2D eigenvalue weighted by molar-refractivity contribution is 6.12. The van der Waals surface area contributed by atoms with Crippen LogP contribution in [0.4, 0.5) is 17.1 Å². The molecular formula is C58H40N2O2. The molecular weight excluding hydrogens is 757 g/mol. The summed E-state index contributed by atoms with van der Waals surface area (Å²) in [7, 11) is 0. The van der Waals surface area contributed by atoms with E-state index in [1.165, 1.54) is 33.4 Å². The highest BCUT2D eigenvalue weighted by atomic mass is 16.3. The van der Waals surface area contributed by atoms with Crippen LogP contribution in [0.25, 0.3) is 82.8 Å². The molecule has 11 aromatic rings. The Morgan fingerprint density at radius 3 is 1.87 bits per heavy atom. The van der Waals surface area contributed by atoms with E-state index in [2.05, 4.69) is 187 Å². The van der Waals surface area contributed by atoms with Crippen LogP contribution in [0.2, 0.25) is 0 Å². The minimum Gasteiger partial charge on any atom is -0.456 e. The van der Waals surface area contributed by atoms with E-state index in [4.69, 9.17) is 4.42 Å². The first kappa shape index (κ1) is 35.9. The number of para-hydroxylation sites is 2. The SMILES string of the molecule is CC1(C)c2ccccc2-c2ccc(N(c3ccccc3)c3ccc4c(c3)c3cc(-c5cccc(-c6ccccc6)c5)ccc3n4-c3ccc4c(=O)c5ccccc5oc4c3)cc21. The maximum absolute atomic E-state index is 13.6. The Kier molecular flexibility index (Phi) is 8.00. The van der Waals surface area contributed by atoms with Crippen LogP contribution in [0, 0.1) is 0 Å². The van der Waals surface area contributed by atoms with Crippen LogP contribution in [0.15, 0.2) is 215 Å². The normalized spacial score (nSPS) is 12.9. The van der Waals surface area contributed by atoms with E-state index in [0.717, 1.165) is 55.7 Å². The zero-order chi connectivity index (χ0) is 41.5. The summed E-state index contributed by atoms with van der Waals surface area (Å²) in [5, 5.41) is 3.40. The monoisotopic (exact) mass is 796 g/mol. The van der Waals surface area contributed by atoms with Crippen molar-refractivity contribution in [1.82, 2.24) is 4.57 Å². The molecule has 0 aliphatic heterocycles. The van der Waals surface area contributed by atoms with E-state index in [1.807, 2.05) is 42.5 Å². The lowest BCUT2D eigenvalue weighted by Gasteiger charge is -2.28. The summed E-state index contributed by atoms with van der Waals surface area (Å²) in [4.78, 5) is 16.0. The molecule has 2 heterocycles. The van der Waals surface area contributed by atoms with Crippen molar-refractivity contribution in [1.29, 1.82) is 0 Å². The summed E-state index contributed by atoms with van der Waals surface area (Å²) in [5.74, 6) is 0. The molecule has 2 aromatic heterocycles. The van der Waals surface area contributed by atoms with E-state index in [9.17, 15) is 4.79 Å². The van der Waals surface area contributed by atoms with Gasteiger partial charge in [-0.25, -0.2) is 0 Å². The van der Waals surface area contributed by atoms with Gasteiger partial charge in [0.1, 0.15) is 11.2 Å². The minimum absolute atomic E-state index is 0.0255. The van der Waals surface area contributed by atoms with Gasteiger partial charge in [-0.3, -0.25) is 4.79 Å². The Labute approximate surface area is 359 Å². The van der Waals surface area contributed by atoms with E-state index in [-0.39, 0.29) is 10.8 Å². The first-order chi connectivity index (χ1) is 30.4. The Morgan fingerprint density at radius 1 is 0.419 bits per heavy atom. The second kappa shape index (κ2) is 13.8. The van der Waals surface area contributed by atoms with E-state index in [0.29, 0.717) is 21.9 Å². The molecule has 0 fully saturated rings. The molecule has 0 saturated heterocycles. The van der Waals surface area contributed by atoms with Crippen LogP contribution in [-0.4, -0.2) is 4.57 Å². The molecule has 0 saturated carbocycles. The van der Waals surface area contributed by atoms with Gasteiger partial charge in [-0.05, 0) is 129 Å². The maximum atomic E-state index is 13.6. The Morgan fingerprint density at radius 2 is 1.03 bits per heavy atom. The Balaban J connectivity index is 1.08. The fourth-order valence-corrected chi connectivity index (χ4v) is 9.90. The number of hydrogen-bond donors (Lipinski definition) is 0. The third kappa shape index (κ3) is 5.57. The standard InChI is InChI=1S/C58H40N2O2/c1-58(2)51-22-11-9-20-45(51)46-28-25-43(35-52(46)58)59(41-18-7-4-8-19-41)42-27-31-54-50(34-42)49-33-40(39-17-13-16-38(32-39)37-14-5-3-6-15-37)24-30-53(49)60(54)44-26-29-48-56(36-44)62-55-23-12-10-21-47(55)57(48)61/h3-36H,1-2H3. The van der Waals surface area contributed by atoms with E-state index < -0.39 is 0 Å². The Bertz CT molecular complexity index is 3640. The summed E-state index contributed by atoms with van der Waals surface area (Å²) >= 11 is 0. The largest absolute Gasteiger partial charge is 0.456 e. The summed E-state index contributed by atoms with van der Waals surface area (Å²) in [6.07, 6.45) is 0. The molecule has 9 aromatic carbocycles. The van der Waals surface area contributed by atoms with Crippen molar-refractivity contribution in [3.8, 4) is 39.1 Å². The zero-order valence-electron chi connectivity index (χ0n) is 34.3. The molecule has 0 amide bonds. The van der Waals surface area contributed by atoms with Crippen LogP contribution < -0.4 is 10.3 Å². The molecule has 1 aliphatic carbocycles. The maximum Gasteiger partial charge on any atom is 0.200 e. The van der Waals surface area contributed by atoms with Gasteiger partial charge in [0.25, 0.3) is 0 Å². The van der Waals surface area contributed by atoms with Crippen molar-refractivity contribution >= 4 is 60.8 Å². The Hall–Kier alpha value is -7.95. The third-order valence-electron chi connectivity index (χ3n) is 13.0. The van der Waals surface area contributed by atoms with Crippen molar-refractivity contribution in [2.24, 2.45) is 0 Å². The number of aromatic nitrogens is 1. The van der Waals surface area contributed by atoms with Crippen molar-refractivity contribution in [3.63, 3.8) is 0 Å². The molecule has 4 nitrogen and oxygen atoms in total. The van der Waals surface area contributed by atoms with Gasteiger partial charge in [-0.1, -0.05) is 129 Å². The lowest BCUT2D eigenvalue weighted by Crippen LogP contribution is -2.16. The fraction of sp³-hybridized carbons (Fsp3) is 0.0517. The average Bonchev–Trinajstić information content (AvgIpc) is 3.77. The van der Waals surface area contributed by atoms with Gasteiger partial charge >= 0.3 is 0 Å². The van der Waals surface area contributed by atoms with Gasteiger partial charge < -0.3 is 13.9 Å². The van der Waals surface area contributed by atoms with Crippen molar-refractivity contribution < 1.29 is 4.42 Å². The molecule has 1 aliphatic rings. The van der Waals surface area contributed by atoms with Gasteiger partial charge in [-0.2, -0.15) is 0 Å². The second-order valence-electron chi connectivity index (χ2n) is 16.9. The number of rotatable bonds is 6. The average molecular weight is 797 g/mol. The minimum atomic E-state index is -0.138. The highest BCUT2D eigenvalue weighted by Crippen LogP contribution is 2.51. The molecule has 62 heavy (non-hydrogen) atoms. The fourth-order valence-electron chi connectivity index (χ4n) is 9.90. The van der Waals surface area contributed by atoms with Crippen LogP contribution in [0.5, 0.6) is 0 Å². The summed E-state index contributed by atoms with van der Waals surface area (Å²) in [5.41, 5.74) is 17.2. The summed E-state index contributed by atoms with van der Waals surface area (Å²) in [6.45, 7) is 4.67. The number of fused-ring (bicyclic) bond motifs is 8. The molecule has 0 bridgehead atoms. The number of benzene rings is 9. The van der Waals surface area contributed by atoms with E-state index in [1.54, 1.807) is 0 Å². The van der Waals surface area contributed by atoms with Crippen LogP contribution >= 0.6 is 0 Å². The lowest BCUT2D eigenvalue weighted by molar-refractivity contribution is 0.659. The smallest absolute Gasteiger partial charge is 0.200 e. The molecule has 0 spiro atoms. The summed E-state index contributed by atoms with van der Waals surface area (Å²) < 4.78 is 8.71. The van der Waals surface area contributed by atoms with E-state index >= 15 is 0 Å². The molecule has 0 radical (unpaired) electrons. The molecule has 4 heteroatoms.